The van der Waals surface area contributed by atoms with Gasteiger partial charge in [-0.2, -0.15) is 5.26 Å². The summed E-state index contributed by atoms with van der Waals surface area (Å²) in [7, 11) is 1.57. The predicted octanol–water partition coefficient (Wildman–Crippen LogP) is 4.12. The lowest BCUT2D eigenvalue weighted by molar-refractivity contribution is 0.296. The second-order valence-electron chi connectivity index (χ2n) is 4.58. The molecule has 0 aliphatic heterocycles. The number of ether oxygens (including phenoxy) is 2. The van der Waals surface area contributed by atoms with E-state index in [0.29, 0.717) is 23.7 Å². The van der Waals surface area contributed by atoms with E-state index in [0.717, 1.165) is 5.33 Å². The molecule has 0 bridgehead atoms. The van der Waals surface area contributed by atoms with Crippen molar-refractivity contribution in [1.29, 1.82) is 5.26 Å². The lowest BCUT2D eigenvalue weighted by Crippen LogP contribution is -2.11. The minimum absolute atomic E-state index is 0.253. The molecule has 1 unspecified atom stereocenters. The molecule has 0 radical (unpaired) electrons. The molecule has 0 amide bonds. The van der Waals surface area contributed by atoms with E-state index in [4.69, 9.17) is 14.7 Å². The SMILES string of the molecule is COc1cc(C#N)cc(OCC(CBr)c2ccccc2)c1. The molecular formula is C17H16BrNO2. The van der Waals surface area contributed by atoms with Crippen LogP contribution in [0.25, 0.3) is 0 Å². The summed E-state index contributed by atoms with van der Waals surface area (Å²) in [6.45, 7) is 0.535. The van der Waals surface area contributed by atoms with Crippen molar-refractivity contribution in [3.8, 4) is 17.6 Å². The van der Waals surface area contributed by atoms with E-state index in [1.165, 1.54) is 5.56 Å². The van der Waals surface area contributed by atoms with Gasteiger partial charge in [0.1, 0.15) is 11.5 Å². The van der Waals surface area contributed by atoms with Crippen LogP contribution in [0.3, 0.4) is 0 Å². The second kappa shape index (κ2) is 7.70. The van der Waals surface area contributed by atoms with E-state index in [2.05, 4.69) is 34.1 Å². The summed E-state index contributed by atoms with van der Waals surface area (Å²) in [6.07, 6.45) is 0. The fraction of sp³-hybridized carbons (Fsp3) is 0.235. The van der Waals surface area contributed by atoms with Gasteiger partial charge < -0.3 is 9.47 Å². The molecule has 4 heteroatoms. The Labute approximate surface area is 133 Å². The zero-order chi connectivity index (χ0) is 15.1. The highest BCUT2D eigenvalue weighted by atomic mass is 79.9. The third-order valence-electron chi connectivity index (χ3n) is 3.15. The zero-order valence-electron chi connectivity index (χ0n) is 11.8. The summed E-state index contributed by atoms with van der Waals surface area (Å²) in [6, 6.07) is 17.5. The predicted molar refractivity (Wildman–Crippen MR) is 86.2 cm³/mol. The molecule has 0 saturated carbocycles. The molecule has 0 fully saturated rings. The first-order valence-corrected chi connectivity index (χ1v) is 7.72. The zero-order valence-corrected chi connectivity index (χ0v) is 13.3. The molecule has 2 aromatic carbocycles. The molecule has 21 heavy (non-hydrogen) atoms. The molecule has 0 heterocycles. The van der Waals surface area contributed by atoms with E-state index in [1.807, 2.05) is 18.2 Å². The highest BCUT2D eigenvalue weighted by Crippen LogP contribution is 2.25. The first-order valence-electron chi connectivity index (χ1n) is 6.59. The Kier molecular flexibility index (Phi) is 5.65. The largest absolute Gasteiger partial charge is 0.497 e. The quantitative estimate of drug-likeness (QED) is 0.739. The Hall–Kier alpha value is -1.99. The number of rotatable bonds is 6. The van der Waals surface area contributed by atoms with Gasteiger partial charge in [0.25, 0.3) is 0 Å². The number of hydrogen-bond acceptors (Lipinski definition) is 3. The van der Waals surface area contributed by atoms with Crippen molar-refractivity contribution in [2.45, 2.75) is 5.92 Å². The van der Waals surface area contributed by atoms with E-state index in [1.54, 1.807) is 25.3 Å². The maximum Gasteiger partial charge on any atom is 0.124 e. The van der Waals surface area contributed by atoms with Crippen LogP contribution in [0.4, 0.5) is 0 Å². The molecule has 108 valence electrons. The molecule has 0 aliphatic rings. The third kappa shape index (κ3) is 4.24. The van der Waals surface area contributed by atoms with Crippen molar-refractivity contribution in [2.24, 2.45) is 0 Å². The minimum atomic E-state index is 0.253. The third-order valence-corrected chi connectivity index (χ3v) is 3.93. The number of nitrogens with zero attached hydrogens (tertiary/aromatic N) is 1. The van der Waals surface area contributed by atoms with Gasteiger partial charge in [0.15, 0.2) is 0 Å². The number of halogens is 1. The van der Waals surface area contributed by atoms with Crippen LogP contribution in [-0.2, 0) is 0 Å². The Bertz CT molecular complexity index is 622. The fourth-order valence-electron chi connectivity index (χ4n) is 1.99. The summed E-state index contributed by atoms with van der Waals surface area (Å²) >= 11 is 3.53. The first-order chi connectivity index (χ1) is 10.3. The van der Waals surface area contributed by atoms with Crippen molar-refractivity contribution in [3.05, 3.63) is 59.7 Å². The van der Waals surface area contributed by atoms with Gasteiger partial charge >= 0.3 is 0 Å². The Balaban J connectivity index is 2.10. The average molecular weight is 346 g/mol. The summed E-state index contributed by atoms with van der Waals surface area (Å²) in [5, 5.41) is 9.83. The molecule has 0 aliphatic carbocycles. The van der Waals surface area contributed by atoms with Crippen molar-refractivity contribution in [3.63, 3.8) is 0 Å². The molecule has 0 spiro atoms. The van der Waals surface area contributed by atoms with Gasteiger partial charge in [-0.05, 0) is 17.7 Å². The second-order valence-corrected chi connectivity index (χ2v) is 5.23. The molecule has 2 rings (SSSR count). The van der Waals surface area contributed by atoms with Gasteiger partial charge in [-0.3, -0.25) is 0 Å². The van der Waals surface area contributed by atoms with Gasteiger partial charge in [-0.25, -0.2) is 0 Å². The average Bonchev–Trinajstić information content (AvgIpc) is 2.56. The molecule has 0 aromatic heterocycles. The van der Waals surface area contributed by atoms with Crippen LogP contribution in [0.5, 0.6) is 11.5 Å². The number of methoxy groups -OCH3 is 1. The highest BCUT2D eigenvalue weighted by Gasteiger charge is 2.11. The van der Waals surface area contributed by atoms with Gasteiger partial charge in [-0.15, -0.1) is 0 Å². The number of alkyl halides is 1. The smallest absolute Gasteiger partial charge is 0.124 e. The van der Waals surface area contributed by atoms with Crippen LogP contribution in [0.15, 0.2) is 48.5 Å². The molecule has 0 saturated heterocycles. The lowest BCUT2D eigenvalue weighted by atomic mass is 10.0. The molecule has 2 aromatic rings. The molecule has 1 atom stereocenters. The topological polar surface area (TPSA) is 42.2 Å². The summed E-state index contributed by atoms with van der Waals surface area (Å²) in [4.78, 5) is 0. The van der Waals surface area contributed by atoms with Crippen LogP contribution in [0.1, 0.15) is 17.0 Å². The Morgan fingerprint density at radius 3 is 2.48 bits per heavy atom. The number of hydrogen-bond donors (Lipinski definition) is 0. The van der Waals surface area contributed by atoms with Crippen molar-refractivity contribution >= 4 is 15.9 Å². The van der Waals surface area contributed by atoms with Crippen molar-refractivity contribution in [2.75, 3.05) is 19.0 Å². The van der Waals surface area contributed by atoms with Crippen molar-refractivity contribution < 1.29 is 9.47 Å². The Morgan fingerprint density at radius 2 is 1.86 bits per heavy atom. The van der Waals surface area contributed by atoms with Crippen molar-refractivity contribution in [1.82, 2.24) is 0 Å². The number of benzene rings is 2. The minimum Gasteiger partial charge on any atom is -0.497 e. The summed E-state index contributed by atoms with van der Waals surface area (Å²) in [5.74, 6) is 1.52. The van der Waals surface area contributed by atoms with Gasteiger partial charge in [0.2, 0.25) is 0 Å². The monoisotopic (exact) mass is 345 g/mol. The summed E-state index contributed by atoms with van der Waals surface area (Å²) in [5.41, 5.74) is 1.75. The molecule has 3 nitrogen and oxygen atoms in total. The molecular weight excluding hydrogens is 330 g/mol. The van der Waals surface area contributed by atoms with Crippen LogP contribution in [0.2, 0.25) is 0 Å². The normalized spacial score (nSPS) is 11.5. The standard InChI is InChI=1S/C17H16BrNO2/c1-20-16-7-13(11-19)8-17(9-16)21-12-15(10-18)14-5-3-2-4-6-14/h2-9,15H,10,12H2,1H3. The van der Waals surface area contributed by atoms with Gasteiger partial charge in [-0.1, -0.05) is 46.3 Å². The van der Waals surface area contributed by atoms with Crippen LogP contribution >= 0.6 is 15.9 Å². The van der Waals surface area contributed by atoms with Gasteiger partial charge in [0, 0.05) is 17.3 Å². The highest BCUT2D eigenvalue weighted by molar-refractivity contribution is 9.09. The first kappa shape index (κ1) is 15.4. The van der Waals surface area contributed by atoms with E-state index in [-0.39, 0.29) is 5.92 Å². The van der Waals surface area contributed by atoms with E-state index >= 15 is 0 Å². The lowest BCUT2D eigenvalue weighted by Gasteiger charge is -2.16. The molecule has 0 N–H and O–H groups in total. The van der Waals surface area contributed by atoms with Crippen LogP contribution in [-0.4, -0.2) is 19.0 Å². The van der Waals surface area contributed by atoms with E-state index in [9.17, 15) is 0 Å². The Morgan fingerprint density at radius 1 is 1.14 bits per heavy atom. The van der Waals surface area contributed by atoms with Crippen LogP contribution in [0, 0.1) is 11.3 Å². The maximum absolute atomic E-state index is 9.01. The fourth-order valence-corrected chi connectivity index (χ4v) is 2.55. The summed E-state index contributed by atoms with van der Waals surface area (Å²) < 4.78 is 11.0. The van der Waals surface area contributed by atoms with E-state index < -0.39 is 0 Å². The van der Waals surface area contributed by atoms with Gasteiger partial charge in [0.05, 0.1) is 25.3 Å². The maximum atomic E-state index is 9.01. The number of nitriles is 1. The van der Waals surface area contributed by atoms with Crippen LogP contribution < -0.4 is 9.47 Å².